The molecule has 2 N–H and O–H groups in total. The summed E-state index contributed by atoms with van der Waals surface area (Å²) < 4.78 is 38.6. The quantitative estimate of drug-likeness (QED) is 0.782. The summed E-state index contributed by atoms with van der Waals surface area (Å²) in [7, 11) is 1.50. The molecule has 1 aliphatic heterocycles. The highest BCUT2D eigenvalue weighted by Gasteiger charge is 2.35. The fraction of sp³-hybridized carbons (Fsp3) is 0.286. The van der Waals surface area contributed by atoms with Crippen molar-refractivity contribution in [3.63, 3.8) is 0 Å². The van der Waals surface area contributed by atoms with Crippen molar-refractivity contribution in [2.24, 2.45) is 5.92 Å². The minimum Gasteiger partial charge on any atom is -0.355 e. The Labute approximate surface area is 171 Å². The highest BCUT2D eigenvalue weighted by atomic mass is 19.4. The maximum atomic E-state index is 12.9. The molecule has 0 aromatic heterocycles. The number of alkyl halides is 3. The van der Waals surface area contributed by atoms with Gasteiger partial charge in [0.1, 0.15) is 0 Å². The number of carbonyl (C=O) groups is 3. The van der Waals surface area contributed by atoms with Crippen molar-refractivity contribution in [3.8, 4) is 0 Å². The van der Waals surface area contributed by atoms with E-state index in [9.17, 15) is 27.6 Å². The van der Waals surface area contributed by atoms with Gasteiger partial charge in [0, 0.05) is 37.8 Å². The van der Waals surface area contributed by atoms with Crippen LogP contribution in [0.15, 0.2) is 48.5 Å². The Balaban J connectivity index is 1.64. The molecule has 3 amide bonds. The van der Waals surface area contributed by atoms with Gasteiger partial charge in [-0.05, 0) is 35.9 Å². The van der Waals surface area contributed by atoms with Gasteiger partial charge in [-0.25, -0.2) is 0 Å². The first kappa shape index (κ1) is 21.4. The lowest BCUT2D eigenvalue weighted by molar-refractivity contribution is -0.137. The molecule has 2 aromatic carbocycles. The van der Waals surface area contributed by atoms with Gasteiger partial charge in [0.2, 0.25) is 11.8 Å². The zero-order valence-electron chi connectivity index (χ0n) is 16.1. The third-order valence-electron chi connectivity index (χ3n) is 4.83. The third kappa shape index (κ3) is 4.97. The van der Waals surface area contributed by atoms with E-state index in [0.29, 0.717) is 16.8 Å². The van der Waals surface area contributed by atoms with E-state index in [2.05, 4.69) is 10.6 Å². The number of carbonyl (C=O) groups excluding carboxylic acids is 3. The number of hydrogen-bond donors (Lipinski definition) is 2. The molecular weight excluding hydrogens is 399 g/mol. The molecule has 6 nitrogen and oxygen atoms in total. The summed E-state index contributed by atoms with van der Waals surface area (Å²) in [5, 5.41) is 5.18. The minimum atomic E-state index is -4.46. The Morgan fingerprint density at radius 1 is 1.13 bits per heavy atom. The predicted molar refractivity (Wildman–Crippen MR) is 103 cm³/mol. The fourth-order valence-electron chi connectivity index (χ4n) is 3.29. The smallest absolute Gasteiger partial charge is 0.355 e. The summed E-state index contributed by atoms with van der Waals surface area (Å²) in [6.07, 6.45) is -4.49. The summed E-state index contributed by atoms with van der Waals surface area (Å²) in [4.78, 5) is 37.9. The third-order valence-corrected chi connectivity index (χ3v) is 4.83. The molecule has 1 heterocycles. The van der Waals surface area contributed by atoms with E-state index < -0.39 is 17.7 Å². The summed E-state index contributed by atoms with van der Waals surface area (Å²) in [5.41, 5.74) is 0.364. The molecule has 1 aliphatic rings. The van der Waals surface area contributed by atoms with Gasteiger partial charge in [0.25, 0.3) is 5.91 Å². The Kier molecular flexibility index (Phi) is 6.09. The number of amides is 3. The van der Waals surface area contributed by atoms with Crippen molar-refractivity contribution < 1.29 is 27.6 Å². The molecule has 3 rings (SSSR count). The van der Waals surface area contributed by atoms with Gasteiger partial charge in [0.05, 0.1) is 11.5 Å². The van der Waals surface area contributed by atoms with Crippen LogP contribution in [0, 0.1) is 5.92 Å². The number of likely N-dealkylation sites (tertiary alicyclic amines) is 1. The topological polar surface area (TPSA) is 78.5 Å². The van der Waals surface area contributed by atoms with Crippen molar-refractivity contribution in [2.75, 3.05) is 18.9 Å². The molecule has 9 heteroatoms. The lowest BCUT2D eigenvalue weighted by atomic mass is 10.1. The fourth-order valence-corrected chi connectivity index (χ4v) is 3.29. The van der Waals surface area contributed by atoms with E-state index in [1.165, 1.54) is 30.1 Å². The van der Waals surface area contributed by atoms with Gasteiger partial charge in [-0.1, -0.05) is 18.2 Å². The van der Waals surface area contributed by atoms with E-state index in [-0.39, 0.29) is 37.2 Å². The Bertz CT molecular complexity index is 975. The van der Waals surface area contributed by atoms with E-state index in [0.717, 1.165) is 12.1 Å². The molecule has 2 aromatic rings. The Morgan fingerprint density at radius 2 is 1.87 bits per heavy atom. The Morgan fingerprint density at radius 3 is 2.57 bits per heavy atom. The number of anilines is 1. The highest BCUT2D eigenvalue weighted by Crippen LogP contribution is 2.30. The van der Waals surface area contributed by atoms with Crippen LogP contribution in [0.4, 0.5) is 18.9 Å². The molecule has 1 atom stereocenters. The zero-order chi connectivity index (χ0) is 21.9. The van der Waals surface area contributed by atoms with Gasteiger partial charge < -0.3 is 15.5 Å². The monoisotopic (exact) mass is 419 g/mol. The molecule has 158 valence electrons. The first-order valence-corrected chi connectivity index (χ1v) is 9.24. The molecule has 0 saturated carbocycles. The largest absolute Gasteiger partial charge is 0.416 e. The molecule has 1 saturated heterocycles. The lowest BCUT2D eigenvalue weighted by Crippen LogP contribution is -2.28. The summed E-state index contributed by atoms with van der Waals surface area (Å²) in [6, 6.07) is 11.2. The van der Waals surface area contributed by atoms with Crippen molar-refractivity contribution in [1.82, 2.24) is 10.2 Å². The second-order valence-electron chi connectivity index (χ2n) is 7.02. The highest BCUT2D eigenvalue weighted by molar-refractivity contribution is 5.99. The zero-order valence-corrected chi connectivity index (χ0v) is 16.1. The number of nitrogens with zero attached hydrogens (tertiary/aromatic N) is 1. The summed E-state index contributed by atoms with van der Waals surface area (Å²) in [5.74, 6) is -1.61. The van der Waals surface area contributed by atoms with Gasteiger partial charge in [-0.2, -0.15) is 13.2 Å². The standard InChI is InChI=1S/C21H20F3N3O3/c1-25-19(29)14-5-3-7-17(9-14)26-20(30)15-10-18(28)27(12-15)11-13-4-2-6-16(8-13)21(22,23)24/h2-9,15H,10-12H2,1H3,(H,25,29)(H,26,30)/t15-/m0/s1. The van der Waals surface area contributed by atoms with Crippen molar-refractivity contribution in [2.45, 2.75) is 19.1 Å². The molecule has 0 bridgehead atoms. The van der Waals surface area contributed by atoms with Crippen LogP contribution in [0.5, 0.6) is 0 Å². The van der Waals surface area contributed by atoms with Crippen LogP contribution in [0.25, 0.3) is 0 Å². The van der Waals surface area contributed by atoms with E-state index in [1.807, 2.05) is 0 Å². The molecular formula is C21H20F3N3O3. The normalized spacial score (nSPS) is 16.5. The molecule has 0 radical (unpaired) electrons. The number of rotatable bonds is 5. The van der Waals surface area contributed by atoms with Gasteiger partial charge in [-0.15, -0.1) is 0 Å². The number of halogens is 3. The number of nitrogens with one attached hydrogen (secondary N) is 2. The first-order chi connectivity index (χ1) is 14.2. The minimum absolute atomic E-state index is 0.00130. The predicted octanol–water partition coefficient (Wildman–Crippen LogP) is 3.05. The summed E-state index contributed by atoms with van der Waals surface area (Å²) in [6.45, 7) is 0.106. The average Bonchev–Trinajstić information content (AvgIpc) is 3.07. The van der Waals surface area contributed by atoms with Crippen molar-refractivity contribution in [1.29, 1.82) is 0 Å². The van der Waals surface area contributed by atoms with Crippen molar-refractivity contribution >= 4 is 23.4 Å². The Hall–Kier alpha value is -3.36. The van der Waals surface area contributed by atoms with Crippen LogP contribution in [-0.2, 0) is 22.3 Å². The van der Waals surface area contributed by atoms with Gasteiger partial charge in [0.15, 0.2) is 0 Å². The molecule has 0 aliphatic carbocycles. The van der Waals surface area contributed by atoms with Crippen molar-refractivity contribution in [3.05, 3.63) is 65.2 Å². The maximum Gasteiger partial charge on any atom is 0.416 e. The molecule has 0 unspecified atom stereocenters. The van der Waals surface area contributed by atoms with Crippen LogP contribution in [0.1, 0.15) is 27.9 Å². The molecule has 30 heavy (non-hydrogen) atoms. The van der Waals surface area contributed by atoms with Crippen LogP contribution >= 0.6 is 0 Å². The van der Waals surface area contributed by atoms with E-state index >= 15 is 0 Å². The van der Waals surface area contributed by atoms with E-state index in [1.54, 1.807) is 18.2 Å². The molecule has 0 spiro atoms. The average molecular weight is 419 g/mol. The second-order valence-corrected chi connectivity index (χ2v) is 7.02. The van der Waals surface area contributed by atoms with Crippen LogP contribution < -0.4 is 10.6 Å². The van der Waals surface area contributed by atoms with Gasteiger partial charge in [-0.3, -0.25) is 14.4 Å². The van der Waals surface area contributed by atoms with Crippen LogP contribution in [0.2, 0.25) is 0 Å². The van der Waals surface area contributed by atoms with Crippen LogP contribution in [0.3, 0.4) is 0 Å². The molecule has 1 fully saturated rings. The van der Waals surface area contributed by atoms with Crippen LogP contribution in [-0.4, -0.2) is 36.2 Å². The summed E-state index contributed by atoms with van der Waals surface area (Å²) >= 11 is 0. The van der Waals surface area contributed by atoms with E-state index in [4.69, 9.17) is 0 Å². The SMILES string of the molecule is CNC(=O)c1cccc(NC(=O)[C@H]2CC(=O)N(Cc3cccc(C(F)(F)F)c3)C2)c1. The lowest BCUT2D eigenvalue weighted by Gasteiger charge is -2.18. The number of hydrogen-bond acceptors (Lipinski definition) is 3. The maximum absolute atomic E-state index is 12.9. The first-order valence-electron chi connectivity index (χ1n) is 9.24. The second kappa shape index (κ2) is 8.56. The number of benzene rings is 2. The van der Waals surface area contributed by atoms with Gasteiger partial charge >= 0.3 is 6.18 Å².